The van der Waals surface area contributed by atoms with E-state index in [-0.39, 0.29) is 29.7 Å². The van der Waals surface area contributed by atoms with Crippen LogP contribution in [0.2, 0.25) is 0 Å². The zero-order valence-corrected chi connectivity index (χ0v) is 16.7. The summed E-state index contributed by atoms with van der Waals surface area (Å²) in [7, 11) is 0. The monoisotopic (exact) mass is 385 g/mol. The molecule has 1 N–H and O–H groups in total. The first-order valence-corrected chi connectivity index (χ1v) is 10.5. The average molecular weight is 386 g/mol. The van der Waals surface area contributed by atoms with Crippen LogP contribution in [-0.4, -0.2) is 59.7 Å². The molecule has 2 atom stereocenters. The smallest absolute Gasteiger partial charge is 0.242 e. The molecule has 2 unspecified atom stereocenters. The molecule has 1 aromatic rings. The Bertz CT molecular complexity index is 692. The Kier molecular flexibility index (Phi) is 7.06. The summed E-state index contributed by atoms with van der Waals surface area (Å²) in [4.78, 5) is 41.8. The van der Waals surface area contributed by atoms with Crippen LogP contribution in [0, 0.1) is 5.92 Å². The number of piperazine rings is 1. The first-order valence-electron chi connectivity index (χ1n) is 10.5. The van der Waals surface area contributed by atoms with Crippen LogP contribution < -0.4 is 5.32 Å². The van der Waals surface area contributed by atoms with Gasteiger partial charge in [-0.05, 0) is 24.8 Å². The van der Waals surface area contributed by atoms with Crippen LogP contribution in [0.15, 0.2) is 30.3 Å². The molecule has 3 rings (SSSR count). The van der Waals surface area contributed by atoms with Gasteiger partial charge in [-0.25, -0.2) is 0 Å². The average Bonchev–Trinajstić information content (AvgIpc) is 2.73. The van der Waals surface area contributed by atoms with Crippen LogP contribution in [0.25, 0.3) is 0 Å². The standard InChI is InChI=1S/C22H31N3O3/c1-2-3-11-19-21(27)23-12-14-25(19)22(28)18-10-7-13-24(16-18)20(26)15-17-8-5-4-6-9-17/h4-6,8-9,18-19H,2-3,7,10-16H2,1H3,(H,23,27). The van der Waals surface area contributed by atoms with E-state index in [4.69, 9.17) is 0 Å². The number of amides is 3. The van der Waals surface area contributed by atoms with Crippen molar-refractivity contribution in [3.8, 4) is 0 Å². The maximum absolute atomic E-state index is 13.2. The number of hydrogen-bond donors (Lipinski definition) is 1. The molecule has 0 aromatic heterocycles. The molecule has 28 heavy (non-hydrogen) atoms. The number of piperidine rings is 1. The van der Waals surface area contributed by atoms with Crippen molar-refractivity contribution in [3.05, 3.63) is 35.9 Å². The second-order valence-corrected chi connectivity index (χ2v) is 7.82. The van der Waals surface area contributed by atoms with Crippen molar-refractivity contribution < 1.29 is 14.4 Å². The lowest BCUT2D eigenvalue weighted by atomic mass is 9.94. The second kappa shape index (κ2) is 9.71. The van der Waals surface area contributed by atoms with Gasteiger partial charge in [0.2, 0.25) is 17.7 Å². The lowest BCUT2D eigenvalue weighted by molar-refractivity contribution is -0.149. The first-order chi connectivity index (χ1) is 13.6. The van der Waals surface area contributed by atoms with Gasteiger partial charge in [-0.3, -0.25) is 14.4 Å². The number of hydrogen-bond acceptors (Lipinski definition) is 3. The summed E-state index contributed by atoms with van der Waals surface area (Å²) < 4.78 is 0. The Morgan fingerprint density at radius 2 is 1.96 bits per heavy atom. The fourth-order valence-corrected chi connectivity index (χ4v) is 4.18. The molecule has 1 aromatic carbocycles. The zero-order valence-electron chi connectivity index (χ0n) is 16.7. The fourth-order valence-electron chi connectivity index (χ4n) is 4.18. The Labute approximate surface area is 167 Å². The fraction of sp³-hybridized carbons (Fsp3) is 0.591. The first kappa shape index (κ1) is 20.4. The molecule has 3 amide bonds. The summed E-state index contributed by atoms with van der Waals surface area (Å²) in [5.41, 5.74) is 0.994. The number of nitrogens with one attached hydrogen (secondary N) is 1. The van der Waals surface area contributed by atoms with Crippen LogP contribution in [0.5, 0.6) is 0 Å². The van der Waals surface area contributed by atoms with Gasteiger partial charge in [0.15, 0.2) is 0 Å². The minimum atomic E-state index is -0.364. The van der Waals surface area contributed by atoms with Gasteiger partial charge >= 0.3 is 0 Å². The Balaban J connectivity index is 1.63. The van der Waals surface area contributed by atoms with E-state index in [1.807, 2.05) is 35.2 Å². The van der Waals surface area contributed by atoms with Gasteiger partial charge in [0.05, 0.1) is 12.3 Å². The van der Waals surface area contributed by atoms with Crippen molar-refractivity contribution in [1.29, 1.82) is 0 Å². The number of nitrogens with zero attached hydrogens (tertiary/aromatic N) is 2. The summed E-state index contributed by atoms with van der Waals surface area (Å²) in [6, 6.07) is 9.35. The summed E-state index contributed by atoms with van der Waals surface area (Å²) >= 11 is 0. The molecule has 2 aliphatic rings. The van der Waals surface area contributed by atoms with Crippen LogP contribution in [0.4, 0.5) is 0 Å². The second-order valence-electron chi connectivity index (χ2n) is 7.82. The lowest BCUT2D eigenvalue weighted by Gasteiger charge is -2.40. The maximum Gasteiger partial charge on any atom is 0.242 e. The minimum Gasteiger partial charge on any atom is -0.353 e. The van der Waals surface area contributed by atoms with Gasteiger partial charge in [-0.15, -0.1) is 0 Å². The van der Waals surface area contributed by atoms with Gasteiger partial charge in [0.25, 0.3) is 0 Å². The summed E-state index contributed by atoms with van der Waals surface area (Å²) in [6.45, 7) is 4.33. The summed E-state index contributed by atoms with van der Waals surface area (Å²) in [5, 5.41) is 2.89. The highest BCUT2D eigenvalue weighted by molar-refractivity contribution is 5.90. The van der Waals surface area contributed by atoms with Crippen molar-refractivity contribution >= 4 is 17.7 Å². The van der Waals surface area contributed by atoms with E-state index >= 15 is 0 Å². The third-order valence-corrected chi connectivity index (χ3v) is 5.77. The molecule has 2 heterocycles. The molecular formula is C22H31N3O3. The van der Waals surface area contributed by atoms with Crippen molar-refractivity contribution in [2.45, 2.75) is 51.5 Å². The molecule has 152 valence electrons. The topological polar surface area (TPSA) is 69.7 Å². The Morgan fingerprint density at radius 3 is 2.71 bits per heavy atom. The molecule has 2 aliphatic heterocycles. The van der Waals surface area contributed by atoms with Gasteiger partial charge in [0.1, 0.15) is 6.04 Å². The van der Waals surface area contributed by atoms with Gasteiger partial charge in [0, 0.05) is 26.2 Å². The molecule has 0 bridgehead atoms. The molecule has 0 spiro atoms. The molecule has 0 aliphatic carbocycles. The van der Waals surface area contributed by atoms with Crippen molar-refractivity contribution in [3.63, 3.8) is 0 Å². The SMILES string of the molecule is CCCCC1C(=O)NCCN1C(=O)C1CCCN(C(=O)Cc2ccccc2)C1. The van der Waals surface area contributed by atoms with E-state index in [0.29, 0.717) is 39.0 Å². The van der Waals surface area contributed by atoms with Crippen molar-refractivity contribution in [2.75, 3.05) is 26.2 Å². The minimum absolute atomic E-state index is 0.0353. The maximum atomic E-state index is 13.2. The quantitative estimate of drug-likeness (QED) is 0.814. The highest BCUT2D eigenvalue weighted by atomic mass is 16.2. The molecule has 6 nitrogen and oxygen atoms in total. The van der Waals surface area contributed by atoms with E-state index in [1.165, 1.54) is 0 Å². The molecule has 0 saturated carbocycles. The predicted octanol–water partition coefficient (Wildman–Crippen LogP) is 1.98. The Morgan fingerprint density at radius 1 is 1.18 bits per heavy atom. The highest BCUT2D eigenvalue weighted by Crippen LogP contribution is 2.23. The third-order valence-electron chi connectivity index (χ3n) is 5.77. The number of carbonyl (C=O) groups is 3. The predicted molar refractivity (Wildman–Crippen MR) is 107 cm³/mol. The van der Waals surface area contributed by atoms with Gasteiger partial charge in [-0.2, -0.15) is 0 Å². The molecule has 2 fully saturated rings. The largest absolute Gasteiger partial charge is 0.353 e. The van der Waals surface area contributed by atoms with Gasteiger partial charge in [-0.1, -0.05) is 50.1 Å². The number of unbranched alkanes of at least 4 members (excludes halogenated alkanes) is 1. The molecular weight excluding hydrogens is 354 g/mol. The molecule has 6 heteroatoms. The number of carbonyl (C=O) groups excluding carboxylic acids is 3. The number of benzene rings is 1. The normalized spacial score (nSPS) is 22.7. The van der Waals surface area contributed by atoms with E-state index in [0.717, 1.165) is 31.2 Å². The van der Waals surface area contributed by atoms with Crippen molar-refractivity contribution in [1.82, 2.24) is 15.1 Å². The van der Waals surface area contributed by atoms with E-state index in [9.17, 15) is 14.4 Å². The van der Waals surface area contributed by atoms with E-state index < -0.39 is 0 Å². The molecule has 0 radical (unpaired) electrons. The van der Waals surface area contributed by atoms with Crippen LogP contribution >= 0.6 is 0 Å². The van der Waals surface area contributed by atoms with E-state index in [2.05, 4.69) is 12.2 Å². The summed E-state index contributed by atoms with van der Waals surface area (Å²) in [5.74, 6) is -0.139. The Hall–Kier alpha value is -2.37. The number of rotatable bonds is 6. The third kappa shape index (κ3) is 4.91. The van der Waals surface area contributed by atoms with Crippen LogP contribution in [-0.2, 0) is 20.8 Å². The number of likely N-dealkylation sites (tertiary alicyclic amines) is 1. The van der Waals surface area contributed by atoms with Crippen LogP contribution in [0.1, 0.15) is 44.6 Å². The van der Waals surface area contributed by atoms with Gasteiger partial charge < -0.3 is 15.1 Å². The van der Waals surface area contributed by atoms with E-state index in [1.54, 1.807) is 4.90 Å². The zero-order chi connectivity index (χ0) is 19.9. The highest BCUT2D eigenvalue weighted by Gasteiger charge is 2.37. The van der Waals surface area contributed by atoms with Crippen molar-refractivity contribution in [2.24, 2.45) is 5.92 Å². The molecule has 2 saturated heterocycles. The van der Waals surface area contributed by atoms with Crippen LogP contribution in [0.3, 0.4) is 0 Å². The summed E-state index contributed by atoms with van der Waals surface area (Å²) in [6.07, 6.45) is 4.61. The lowest BCUT2D eigenvalue weighted by Crippen LogP contribution is -2.59.